The van der Waals surface area contributed by atoms with Gasteiger partial charge >= 0.3 is 5.97 Å². The molecule has 5 heteroatoms. The summed E-state index contributed by atoms with van der Waals surface area (Å²) in [5, 5.41) is 11.6. The van der Waals surface area contributed by atoms with Gasteiger partial charge in [-0.1, -0.05) is 19.9 Å². The van der Waals surface area contributed by atoms with E-state index in [-0.39, 0.29) is 11.8 Å². The van der Waals surface area contributed by atoms with Gasteiger partial charge in [-0.25, -0.2) is 4.79 Å². The number of aliphatic carboxylic acids is 1. The first-order chi connectivity index (χ1) is 8.82. The van der Waals surface area contributed by atoms with Crippen LogP contribution >= 0.6 is 0 Å². The summed E-state index contributed by atoms with van der Waals surface area (Å²) >= 11 is 0. The Morgan fingerprint density at radius 2 is 1.89 bits per heavy atom. The number of carboxylic acids is 1. The summed E-state index contributed by atoms with van der Waals surface area (Å²) in [7, 11) is 3.76. The molecular weight excluding hydrogens is 244 g/mol. The van der Waals surface area contributed by atoms with E-state index in [1.165, 1.54) is 0 Å². The minimum atomic E-state index is -1.02. The smallest absolute Gasteiger partial charge is 0.326 e. The van der Waals surface area contributed by atoms with Crippen LogP contribution in [0, 0.1) is 5.92 Å². The average molecular weight is 264 g/mol. The summed E-state index contributed by atoms with van der Waals surface area (Å²) in [4.78, 5) is 25.0. The minimum Gasteiger partial charge on any atom is -0.480 e. The number of carboxylic acid groups (broad SMARTS) is 1. The van der Waals surface area contributed by atoms with E-state index in [1.54, 1.807) is 32.0 Å². The third-order valence-electron chi connectivity index (χ3n) is 2.84. The molecule has 1 rings (SSSR count). The fourth-order valence-corrected chi connectivity index (χ4v) is 1.66. The number of nitrogens with one attached hydrogen (secondary N) is 1. The quantitative estimate of drug-likeness (QED) is 0.847. The second-order valence-electron chi connectivity index (χ2n) is 4.98. The fourth-order valence-electron chi connectivity index (χ4n) is 1.66. The maximum Gasteiger partial charge on any atom is 0.326 e. The van der Waals surface area contributed by atoms with Crippen molar-refractivity contribution in [2.24, 2.45) is 5.92 Å². The first-order valence-electron chi connectivity index (χ1n) is 6.14. The zero-order valence-electron chi connectivity index (χ0n) is 11.7. The number of carbonyl (C=O) groups excluding carboxylic acids is 1. The number of nitrogens with zero attached hydrogens (tertiary/aromatic N) is 1. The lowest BCUT2D eigenvalue weighted by Crippen LogP contribution is -2.44. The molecule has 1 aromatic carbocycles. The van der Waals surface area contributed by atoms with E-state index in [4.69, 9.17) is 5.11 Å². The highest BCUT2D eigenvalue weighted by atomic mass is 16.4. The monoisotopic (exact) mass is 264 g/mol. The zero-order valence-corrected chi connectivity index (χ0v) is 11.7. The van der Waals surface area contributed by atoms with Gasteiger partial charge in [0.1, 0.15) is 6.04 Å². The Morgan fingerprint density at radius 1 is 1.26 bits per heavy atom. The molecule has 0 saturated heterocycles. The van der Waals surface area contributed by atoms with Crippen molar-refractivity contribution in [3.8, 4) is 0 Å². The van der Waals surface area contributed by atoms with Gasteiger partial charge in [-0.2, -0.15) is 0 Å². The van der Waals surface area contributed by atoms with Gasteiger partial charge in [-0.05, 0) is 24.1 Å². The molecule has 1 amide bonds. The molecule has 0 saturated carbocycles. The Morgan fingerprint density at radius 3 is 2.37 bits per heavy atom. The topological polar surface area (TPSA) is 69.6 Å². The Bertz CT molecular complexity index is 470. The van der Waals surface area contributed by atoms with Crippen LogP contribution in [0.4, 0.5) is 5.69 Å². The Labute approximate surface area is 113 Å². The Hall–Kier alpha value is -2.04. The lowest BCUT2D eigenvalue weighted by atomic mass is 10.0. The molecule has 0 aliphatic heterocycles. The van der Waals surface area contributed by atoms with Gasteiger partial charge in [-0.3, -0.25) is 4.79 Å². The van der Waals surface area contributed by atoms with Gasteiger partial charge in [0, 0.05) is 25.3 Å². The maximum absolute atomic E-state index is 12.0. The van der Waals surface area contributed by atoms with E-state index in [0.29, 0.717) is 5.56 Å². The van der Waals surface area contributed by atoms with Crippen molar-refractivity contribution in [2.75, 3.05) is 19.0 Å². The van der Waals surface area contributed by atoms with Crippen LogP contribution in [0.15, 0.2) is 24.3 Å². The molecule has 0 aliphatic carbocycles. The van der Waals surface area contributed by atoms with Crippen molar-refractivity contribution in [1.82, 2.24) is 5.32 Å². The number of rotatable bonds is 5. The van der Waals surface area contributed by atoms with Crippen LogP contribution in [0.1, 0.15) is 24.2 Å². The zero-order chi connectivity index (χ0) is 14.6. The molecular formula is C14H20N2O3. The lowest BCUT2D eigenvalue weighted by Gasteiger charge is -2.18. The summed E-state index contributed by atoms with van der Waals surface area (Å²) in [6.07, 6.45) is 0. The first-order valence-corrected chi connectivity index (χ1v) is 6.14. The third kappa shape index (κ3) is 3.98. The van der Waals surface area contributed by atoms with Crippen molar-refractivity contribution in [2.45, 2.75) is 19.9 Å². The van der Waals surface area contributed by atoms with E-state index >= 15 is 0 Å². The van der Waals surface area contributed by atoms with E-state index in [9.17, 15) is 9.59 Å². The predicted molar refractivity (Wildman–Crippen MR) is 74.5 cm³/mol. The van der Waals surface area contributed by atoms with Crippen molar-refractivity contribution in [3.05, 3.63) is 29.8 Å². The standard InChI is InChI=1S/C14H20N2O3/c1-9(2)12(14(18)19)15-13(17)10-6-5-7-11(8-10)16(3)4/h5-9,12H,1-4H3,(H,15,17)(H,18,19)/t12-/m0/s1. The van der Waals surface area contributed by atoms with E-state index in [2.05, 4.69) is 5.32 Å². The summed E-state index contributed by atoms with van der Waals surface area (Å²) in [6.45, 7) is 3.52. The summed E-state index contributed by atoms with van der Waals surface area (Å²) in [5.41, 5.74) is 1.35. The van der Waals surface area contributed by atoms with Crippen LogP contribution in [-0.4, -0.2) is 37.1 Å². The normalized spacial score (nSPS) is 12.1. The molecule has 5 nitrogen and oxygen atoms in total. The molecule has 104 valence electrons. The van der Waals surface area contributed by atoms with Crippen LogP contribution < -0.4 is 10.2 Å². The highest BCUT2D eigenvalue weighted by molar-refractivity contribution is 5.97. The number of anilines is 1. The number of amides is 1. The summed E-state index contributed by atoms with van der Waals surface area (Å²) < 4.78 is 0. The number of benzene rings is 1. The molecule has 0 spiro atoms. The largest absolute Gasteiger partial charge is 0.480 e. The molecule has 1 atom stereocenters. The molecule has 19 heavy (non-hydrogen) atoms. The van der Waals surface area contributed by atoms with Crippen LogP contribution in [0.2, 0.25) is 0 Å². The molecule has 2 N–H and O–H groups in total. The fraction of sp³-hybridized carbons (Fsp3) is 0.429. The predicted octanol–water partition coefficient (Wildman–Crippen LogP) is 1.59. The van der Waals surface area contributed by atoms with Gasteiger partial charge in [0.15, 0.2) is 0 Å². The van der Waals surface area contributed by atoms with E-state index < -0.39 is 12.0 Å². The third-order valence-corrected chi connectivity index (χ3v) is 2.84. The van der Waals surface area contributed by atoms with Crippen LogP contribution in [0.25, 0.3) is 0 Å². The average Bonchev–Trinajstić information content (AvgIpc) is 2.34. The van der Waals surface area contributed by atoms with Crippen LogP contribution in [0.5, 0.6) is 0 Å². The van der Waals surface area contributed by atoms with E-state index in [0.717, 1.165) is 5.69 Å². The van der Waals surface area contributed by atoms with Gasteiger partial charge in [0.05, 0.1) is 0 Å². The lowest BCUT2D eigenvalue weighted by molar-refractivity contribution is -0.140. The van der Waals surface area contributed by atoms with Gasteiger partial charge in [-0.15, -0.1) is 0 Å². The van der Waals surface area contributed by atoms with Crippen molar-refractivity contribution < 1.29 is 14.7 Å². The molecule has 0 fully saturated rings. The summed E-state index contributed by atoms with van der Waals surface area (Å²) in [6, 6.07) is 6.18. The van der Waals surface area contributed by atoms with Crippen molar-refractivity contribution in [1.29, 1.82) is 0 Å². The van der Waals surface area contributed by atoms with E-state index in [1.807, 2.05) is 25.1 Å². The molecule has 0 unspecified atom stereocenters. The highest BCUT2D eigenvalue weighted by Crippen LogP contribution is 2.14. The molecule has 1 aromatic rings. The second kappa shape index (κ2) is 6.22. The Balaban J connectivity index is 2.88. The molecule has 0 radical (unpaired) electrons. The van der Waals surface area contributed by atoms with Gasteiger partial charge < -0.3 is 15.3 Å². The number of carbonyl (C=O) groups is 2. The number of hydrogen-bond donors (Lipinski definition) is 2. The SMILES string of the molecule is CC(C)[C@H](NC(=O)c1cccc(N(C)C)c1)C(=O)O. The van der Waals surface area contributed by atoms with Crippen LogP contribution in [-0.2, 0) is 4.79 Å². The number of hydrogen-bond acceptors (Lipinski definition) is 3. The highest BCUT2D eigenvalue weighted by Gasteiger charge is 2.23. The minimum absolute atomic E-state index is 0.168. The van der Waals surface area contributed by atoms with Crippen molar-refractivity contribution >= 4 is 17.6 Å². The molecule has 0 heterocycles. The van der Waals surface area contributed by atoms with Gasteiger partial charge in [0.2, 0.25) is 0 Å². The maximum atomic E-state index is 12.0. The molecule has 0 aromatic heterocycles. The van der Waals surface area contributed by atoms with Gasteiger partial charge in [0.25, 0.3) is 5.91 Å². The first kappa shape index (κ1) is 15.0. The Kier molecular flexibility index (Phi) is 4.92. The second-order valence-corrected chi connectivity index (χ2v) is 4.98. The molecule has 0 aliphatic rings. The summed E-state index contributed by atoms with van der Waals surface area (Å²) in [5.74, 6) is -1.56. The van der Waals surface area contributed by atoms with Crippen molar-refractivity contribution in [3.63, 3.8) is 0 Å². The molecule has 0 bridgehead atoms. The van der Waals surface area contributed by atoms with Crippen LogP contribution in [0.3, 0.4) is 0 Å².